The molecule has 8 nitrogen and oxygen atoms in total. The van der Waals surface area contributed by atoms with Gasteiger partial charge < -0.3 is 10.2 Å². The van der Waals surface area contributed by atoms with Gasteiger partial charge in [-0.25, -0.2) is 13.2 Å². The smallest absolute Gasteiger partial charge is 0.325 e. The van der Waals surface area contributed by atoms with Gasteiger partial charge in [0.15, 0.2) is 15.4 Å². The molecule has 4 rings (SSSR count). The van der Waals surface area contributed by atoms with Gasteiger partial charge in [-0.1, -0.05) is 74.5 Å². The molecule has 2 aliphatic rings. The average Bonchev–Trinajstić information content (AvgIpc) is 3.30. The fourth-order valence-corrected chi connectivity index (χ4v) is 6.64. The van der Waals surface area contributed by atoms with E-state index in [0.717, 1.165) is 10.5 Å². The van der Waals surface area contributed by atoms with Gasteiger partial charge in [0, 0.05) is 19.0 Å². The van der Waals surface area contributed by atoms with Crippen LogP contribution in [0.5, 0.6) is 0 Å². The van der Waals surface area contributed by atoms with Crippen molar-refractivity contribution in [2.24, 2.45) is 5.92 Å². The summed E-state index contributed by atoms with van der Waals surface area (Å²) >= 11 is 0. The summed E-state index contributed by atoms with van der Waals surface area (Å²) in [6.07, 6.45) is 0.604. The van der Waals surface area contributed by atoms with Crippen LogP contribution < -0.4 is 5.32 Å². The monoisotopic (exact) mass is 497 g/mol. The zero-order valence-corrected chi connectivity index (χ0v) is 20.8. The molecular formula is C26H31N3O5S. The fraction of sp³-hybridized carbons (Fsp3) is 0.423. The molecular weight excluding hydrogens is 466 g/mol. The van der Waals surface area contributed by atoms with E-state index in [1.165, 1.54) is 4.90 Å². The molecule has 2 fully saturated rings. The van der Waals surface area contributed by atoms with Gasteiger partial charge in [0.05, 0.1) is 11.5 Å². The van der Waals surface area contributed by atoms with Gasteiger partial charge in [-0.05, 0) is 23.5 Å². The van der Waals surface area contributed by atoms with Gasteiger partial charge >= 0.3 is 6.03 Å². The third kappa shape index (κ3) is 5.24. The van der Waals surface area contributed by atoms with Gasteiger partial charge in [-0.2, -0.15) is 0 Å². The largest absolute Gasteiger partial charge is 0.337 e. The number of carbonyl (C=O) groups excluding carboxylic acids is 3. The highest BCUT2D eigenvalue weighted by Gasteiger charge is 2.53. The molecule has 2 aliphatic heterocycles. The van der Waals surface area contributed by atoms with Crippen molar-refractivity contribution >= 4 is 27.7 Å². The average molecular weight is 498 g/mol. The van der Waals surface area contributed by atoms with E-state index in [2.05, 4.69) is 5.32 Å². The van der Waals surface area contributed by atoms with Crippen LogP contribution in [0.3, 0.4) is 0 Å². The predicted molar refractivity (Wildman–Crippen MR) is 132 cm³/mol. The van der Waals surface area contributed by atoms with Gasteiger partial charge in [-0.3, -0.25) is 14.5 Å². The van der Waals surface area contributed by atoms with Crippen LogP contribution in [0.2, 0.25) is 0 Å². The molecule has 2 heterocycles. The molecule has 0 bridgehead atoms. The first kappa shape index (κ1) is 24.9. The van der Waals surface area contributed by atoms with Crippen LogP contribution in [0.1, 0.15) is 31.4 Å². The third-order valence-electron chi connectivity index (χ3n) is 6.58. The molecule has 1 N–H and O–H groups in total. The Morgan fingerprint density at radius 2 is 1.71 bits per heavy atom. The van der Waals surface area contributed by atoms with Crippen LogP contribution >= 0.6 is 0 Å². The zero-order chi connectivity index (χ0) is 25.2. The number of imide groups is 1. The van der Waals surface area contributed by atoms with Crippen molar-refractivity contribution in [1.82, 2.24) is 15.1 Å². The molecule has 0 unspecified atom stereocenters. The second-order valence-corrected chi connectivity index (χ2v) is 12.0. The summed E-state index contributed by atoms with van der Waals surface area (Å²) in [6, 6.07) is 17.4. The van der Waals surface area contributed by atoms with Gasteiger partial charge in [-0.15, -0.1) is 0 Å². The van der Waals surface area contributed by atoms with Crippen molar-refractivity contribution in [2.45, 2.75) is 38.3 Å². The Morgan fingerprint density at radius 1 is 1.09 bits per heavy atom. The topological polar surface area (TPSA) is 104 Å². The summed E-state index contributed by atoms with van der Waals surface area (Å²) < 4.78 is 24.1. The Labute approximate surface area is 206 Å². The van der Waals surface area contributed by atoms with E-state index in [9.17, 15) is 22.8 Å². The summed E-state index contributed by atoms with van der Waals surface area (Å²) in [5, 5.41) is 2.87. The van der Waals surface area contributed by atoms with Crippen LogP contribution in [0.15, 0.2) is 60.7 Å². The lowest BCUT2D eigenvalue weighted by atomic mass is 9.83. The van der Waals surface area contributed by atoms with Gasteiger partial charge in [0.25, 0.3) is 5.91 Å². The Morgan fingerprint density at radius 3 is 2.29 bits per heavy atom. The molecule has 35 heavy (non-hydrogen) atoms. The minimum atomic E-state index is -3.20. The summed E-state index contributed by atoms with van der Waals surface area (Å²) in [4.78, 5) is 42.8. The maximum atomic E-state index is 13.8. The summed E-state index contributed by atoms with van der Waals surface area (Å²) in [7, 11) is -3.20. The van der Waals surface area contributed by atoms with E-state index in [1.807, 2.05) is 50.2 Å². The lowest BCUT2D eigenvalue weighted by Crippen LogP contribution is -2.50. The van der Waals surface area contributed by atoms with Crippen molar-refractivity contribution in [3.8, 4) is 0 Å². The molecule has 2 saturated heterocycles. The first-order chi connectivity index (χ1) is 16.6. The highest BCUT2D eigenvalue weighted by molar-refractivity contribution is 7.91. The molecule has 4 amide bonds. The number of urea groups is 1. The number of amides is 4. The Bertz CT molecular complexity index is 1200. The predicted octanol–water partition coefficient (Wildman–Crippen LogP) is 2.35. The van der Waals surface area contributed by atoms with Crippen molar-refractivity contribution in [3.63, 3.8) is 0 Å². The lowest BCUT2D eigenvalue weighted by molar-refractivity contribution is -0.140. The van der Waals surface area contributed by atoms with Crippen LogP contribution in [-0.2, 0) is 31.4 Å². The number of carbonyl (C=O) groups is 3. The molecule has 2 aromatic rings. The number of hydrogen-bond acceptors (Lipinski definition) is 5. The summed E-state index contributed by atoms with van der Waals surface area (Å²) in [5.74, 6) is -0.862. The number of benzene rings is 2. The highest BCUT2D eigenvalue weighted by Crippen LogP contribution is 2.33. The Hall–Kier alpha value is -3.20. The second kappa shape index (κ2) is 9.81. The second-order valence-electron chi connectivity index (χ2n) is 9.75. The molecule has 2 atom stereocenters. The van der Waals surface area contributed by atoms with Crippen molar-refractivity contribution in [2.75, 3.05) is 24.6 Å². The van der Waals surface area contributed by atoms with Crippen LogP contribution in [0.4, 0.5) is 4.79 Å². The molecule has 0 spiro atoms. The van der Waals surface area contributed by atoms with Crippen LogP contribution in [-0.4, -0.2) is 66.7 Å². The van der Waals surface area contributed by atoms with E-state index < -0.39 is 45.8 Å². The number of sulfone groups is 1. The van der Waals surface area contributed by atoms with Gasteiger partial charge in [0.2, 0.25) is 5.91 Å². The maximum absolute atomic E-state index is 13.8. The number of nitrogens with one attached hydrogen (secondary N) is 1. The third-order valence-corrected chi connectivity index (χ3v) is 8.33. The highest BCUT2D eigenvalue weighted by atomic mass is 32.2. The molecule has 0 aromatic heterocycles. The SMILES string of the molecule is CC(C)CN(C(=O)CN1C(=O)N[C@@](Cc2ccccc2)(c2ccccc2)C1=O)[C@@H]1CCS(=O)(=O)C1. The number of hydrogen-bond donors (Lipinski definition) is 1. The van der Waals surface area contributed by atoms with E-state index in [4.69, 9.17) is 0 Å². The Balaban J connectivity index is 1.62. The van der Waals surface area contributed by atoms with E-state index in [0.29, 0.717) is 18.5 Å². The standard InChI is InChI=1S/C26H31N3O5S/c1-19(2)16-28(22-13-14-35(33,34)18-22)23(30)17-29-24(31)26(27-25(29)32,21-11-7-4-8-12-21)15-20-9-5-3-6-10-20/h3-12,19,22H,13-18H2,1-2H3,(H,27,32)/t22-,26+/m1/s1. The Kier molecular flexibility index (Phi) is 6.98. The van der Waals surface area contributed by atoms with Gasteiger partial charge in [0.1, 0.15) is 6.54 Å². The van der Waals surface area contributed by atoms with Crippen molar-refractivity contribution in [3.05, 3.63) is 71.8 Å². The van der Waals surface area contributed by atoms with Crippen LogP contribution in [0.25, 0.3) is 0 Å². The summed E-state index contributed by atoms with van der Waals surface area (Å²) in [6.45, 7) is 3.81. The van der Waals surface area contributed by atoms with E-state index in [-0.39, 0.29) is 23.8 Å². The quantitative estimate of drug-likeness (QED) is 0.564. The lowest BCUT2D eigenvalue weighted by Gasteiger charge is -2.31. The molecule has 9 heteroatoms. The zero-order valence-electron chi connectivity index (χ0n) is 20.0. The fourth-order valence-electron chi connectivity index (χ4n) is 4.91. The molecule has 2 aromatic carbocycles. The minimum absolute atomic E-state index is 0.0386. The van der Waals surface area contributed by atoms with E-state index >= 15 is 0 Å². The molecule has 0 radical (unpaired) electrons. The normalized spacial score (nSPS) is 23.5. The molecule has 0 aliphatic carbocycles. The summed E-state index contributed by atoms with van der Waals surface area (Å²) in [5.41, 5.74) is 0.174. The van der Waals surface area contributed by atoms with E-state index in [1.54, 1.807) is 24.3 Å². The van der Waals surface area contributed by atoms with Crippen LogP contribution in [0, 0.1) is 5.92 Å². The first-order valence-corrected chi connectivity index (χ1v) is 13.7. The van der Waals surface area contributed by atoms with Crippen molar-refractivity contribution in [1.29, 1.82) is 0 Å². The van der Waals surface area contributed by atoms with Crippen molar-refractivity contribution < 1.29 is 22.8 Å². The minimum Gasteiger partial charge on any atom is -0.337 e. The number of nitrogens with zero attached hydrogens (tertiary/aromatic N) is 2. The molecule has 186 valence electrons. The number of rotatable bonds is 8. The maximum Gasteiger partial charge on any atom is 0.325 e. The first-order valence-electron chi connectivity index (χ1n) is 11.8. The molecule has 0 saturated carbocycles.